The molecule has 1 amide bonds. The third-order valence-electron chi connectivity index (χ3n) is 6.17. The van der Waals surface area contributed by atoms with Gasteiger partial charge in [-0.05, 0) is 66.3 Å². The SMILES string of the molecule is Cn1nccc1CC(=O)N[C@H]1C[C@H](c2c(-c3ccc(F)cc3)[nH]c3c(F)cc(F)cc32)C1. The third-order valence-corrected chi connectivity index (χ3v) is 6.17. The average molecular weight is 438 g/mol. The largest absolute Gasteiger partial charge is 0.353 e. The molecule has 5 nitrogen and oxygen atoms in total. The van der Waals surface area contributed by atoms with Crippen LogP contribution in [-0.4, -0.2) is 26.7 Å². The van der Waals surface area contributed by atoms with E-state index >= 15 is 0 Å². The van der Waals surface area contributed by atoms with Crippen LogP contribution >= 0.6 is 0 Å². The first-order chi connectivity index (χ1) is 15.4. The van der Waals surface area contributed by atoms with Gasteiger partial charge in [0.2, 0.25) is 5.91 Å². The van der Waals surface area contributed by atoms with E-state index in [0.29, 0.717) is 29.5 Å². The summed E-state index contributed by atoms with van der Waals surface area (Å²) < 4.78 is 43.6. The third kappa shape index (κ3) is 3.66. The molecule has 0 spiro atoms. The summed E-state index contributed by atoms with van der Waals surface area (Å²) in [7, 11) is 1.79. The number of aromatic amines is 1. The van der Waals surface area contributed by atoms with E-state index in [2.05, 4.69) is 15.4 Å². The molecule has 1 aliphatic rings. The smallest absolute Gasteiger partial charge is 0.226 e. The maximum Gasteiger partial charge on any atom is 0.226 e. The highest BCUT2D eigenvalue weighted by Gasteiger charge is 2.35. The maximum atomic E-state index is 14.5. The first kappa shape index (κ1) is 20.4. The summed E-state index contributed by atoms with van der Waals surface area (Å²) in [6.45, 7) is 0. The maximum absolute atomic E-state index is 14.5. The average Bonchev–Trinajstić information content (AvgIpc) is 3.29. The number of halogens is 3. The van der Waals surface area contributed by atoms with Crippen LogP contribution in [0.2, 0.25) is 0 Å². The lowest BCUT2D eigenvalue weighted by Gasteiger charge is -2.36. The minimum absolute atomic E-state index is 0.00649. The Bertz CT molecular complexity index is 1300. The molecule has 4 aromatic rings. The van der Waals surface area contributed by atoms with E-state index in [4.69, 9.17) is 0 Å². The minimum atomic E-state index is -0.671. The lowest BCUT2D eigenvalue weighted by molar-refractivity contribution is -0.121. The molecule has 2 aromatic heterocycles. The van der Waals surface area contributed by atoms with Gasteiger partial charge in [0.25, 0.3) is 0 Å². The van der Waals surface area contributed by atoms with Crippen LogP contribution in [0.5, 0.6) is 0 Å². The van der Waals surface area contributed by atoms with Gasteiger partial charge in [0.15, 0.2) is 0 Å². The first-order valence-corrected chi connectivity index (χ1v) is 10.4. The molecule has 1 saturated carbocycles. The summed E-state index contributed by atoms with van der Waals surface area (Å²) in [4.78, 5) is 15.5. The normalized spacial score (nSPS) is 18.0. The zero-order valence-corrected chi connectivity index (χ0v) is 17.3. The standard InChI is InChI=1S/C24H21F3N4O/c1-31-18(6-7-28-31)12-21(32)29-17-8-14(9-17)22-19-10-16(26)11-20(27)24(19)30-23(22)13-2-4-15(25)5-3-13/h2-7,10-11,14,17,30H,8-9,12H2,1H3,(H,29,32)/t14-,17-. The predicted octanol–water partition coefficient (Wildman–Crippen LogP) is 4.59. The first-order valence-electron chi connectivity index (χ1n) is 10.4. The number of aromatic nitrogens is 3. The van der Waals surface area contributed by atoms with Crippen LogP contribution in [0.4, 0.5) is 13.2 Å². The van der Waals surface area contributed by atoms with Crippen LogP contribution < -0.4 is 5.32 Å². The van der Waals surface area contributed by atoms with Gasteiger partial charge in [-0.1, -0.05) is 0 Å². The zero-order chi connectivity index (χ0) is 22.4. The van der Waals surface area contributed by atoms with Gasteiger partial charge in [-0.2, -0.15) is 5.10 Å². The van der Waals surface area contributed by atoms with Gasteiger partial charge in [0.1, 0.15) is 17.5 Å². The van der Waals surface area contributed by atoms with Crippen LogP contribution in [0.1, 0.15) is 30.0 Å². The zero-order valence-electron chi connectivity index (χ0n) is 17.3. The second-order valence-electron chi connectivity index (χ2n) is 8.29. The molecular weight excluding hydrogens is 417 g/mol. The van der Waals surface area contributed by atoms with Crippen LogP contribution in [-0.2, 0) is 18.3 Å². The molecule has 0 unspecified atom stereocenters. The topological polar surface area (TPSA) is 62.7 Å². The van der Waals surface area contributed by atoms with E-state index in [1.807, 2.05) is 0 Å². The molecule has 1 fully saturated rings. The Kier molecular flexibility index (Phi) is 5.00. The molecule has 2 heterocycles. The summed E-state index contributed by atoms with van der Waals surface area (Å²) in [6, 6.07) is 9.85. The number of nitrogens with zero attached hydrogens (tertiary/aromatic N) is 2. The van der Waals surface area contributed by atoms with Crippen molar-refractivity contribution in [3.05, 3.63) is 77.4 Å². The minimum Gasteiger partial charge on any atom is -0.353 e. The number of carbonyl (C=O) groups is 1. The number of carbonyl (C=O) groups excluding carboxylic acids is 1. The van der Waals surface area contributed by atoms with Crippen molar-refractivity contribution in [2.75, 3.05) is 0 Å². The number of H-pyrrole nitrogens is 1. The molecule has 164 valence electrons. The second kappa shape index (κ2) is 7.85. The van der Waals surface area contributed by atoms with Crippen molar-refractivity contribution in [2.24, 2.45) is 7.05 Å². The molecule has 0 saturated heterocycles. The van der Waals surface area contributed by atoms with Crippen LogP contribution in [0, 0.1) is 17.5 Å². The lowest BCUT2D eigenvalue weighted by atomic mass is 9.74. The summed E-state index contributed by atoms with van der Waals surface area (Å²) >= 11 is 0. The fourth-order valence-corrected chi connectivity index (χ4v) is 4.50. The number of amides is 1. The fourth-order valence-electron chi connectivity index (χ4n) is 4.50. The Morgan fingerprint density at radius 3 is 2.56 bits per heavy atom. The summed E-state index contributed by atoms with van der Waals surface area (Å²) in [5, 5.41) is 7.57. The van der Waals surface area contributed by atoms with E-state index in [9.17, 15) is 18.0 Å². The molecular formula is C24H21F3N4O. The highest BCUT2D eigenvalue weighted by molar-refractivity contribution is 5.92. The van der Waals surface area contributed by atoms with Crippen LogP contribution in [0.3, 0.4) is 0 Å². The van der Waals surface area contributed by atoms with E-state index in [1.165, 1.54) is 18.2 Å². The number of aryl methyl sites for hydroxylation is 1. The van der Waals surface area contributed by atoms with Crippen LogP contribution in [0.25, 0.3) is 22.2 Å². The summed E-state index contributed by atoms with van der Waals surface area (Å²) in [6.07, 6.45) is 3.18. The number of hydrogen-bond acceptors (Lipinski definition) is 2. The second-order valence-corrected chi connectivity index (χ2v) is 8.29. The van der Waals surface area contributed by atoms with Gasteiger partial charge in [0.05, 0.1) is 17.6 Å². The fraction of sp³-hybridized carbons (Fsp3) is 0.250. The van der Waals surface area contributed by atoms with Crippen molar-refractivity contribution >= 4 is 16.8 Å². The molecule has 1 aliphatic carbocycles. The highest BCUT2D eigenvalue weighted by Crippen LogP contribution is 2.45. The van der Waals surface area contributed by atoms with Crippen LogP contribution in [0.15, 0.2) is 48.7 Å². The molecule has 0 bridgehead atoms. The molecule has 0 radical (unpaired) electrons. The van der Waals surface area contributed by atoms with Crippen molar-refractivity contribution in [2.45, 2.75) is 31.2 Å². The van der Waals surface area contributed by atoms with E-state index in [0.717, 1.165) is 17.3 Å². The lowest BCUT2D eigenvalue weighted by Crippen LogP contribution is -2.44. The van der Waals surface area contributed by atoms with E-state index in [1.54, 1.807) is 36.1 Å². The van der Waals surface area contributed by atoms with Crippen molar-refractivity contribution < 1.29 is 18.0 Å². The monoisotopic (exact) mass is 438 g/mol. The van der Waals surface area contributed by atoms with Crippen molar-refractivity contribution in [3.8, 4) is 11.3 Å². The predicted molar refractivity (Wildman–Crippen MR) is 114 cm³/mol. The Morgan fingerprint density at radius 2 is 1.88 bits per heavy atom. The summed E-state index contributed by atoms with van der Waals surface area (Å²) in [5.74, 6) is -1.78. The molecule has 2 N–H and O–H groups in total. The molecule has 0 atom stereocenters. The van der Waals surface area contributed by atoms with Crippen molar-refractivity contribution in [1.82, 2.24) is 20.1 Å². The van der Waals surface area contributed by atoms with Gasteiger partial charge < -0.3 is 10.3 Å². The van der Waals surface area contributed by atoms with Gasteiger partial charge in [-0.15, -0.1) is 0 Å². The Labute approximate surface area is 182 Å². The molecule has 0 aliphatic heterocycles. The highest BCUT2D eigenvalue weighted by atomic mass is 19.1. The molecule has 8 heteroatoms. The van der Waals surface area contributed by atoms with Gasteiger partial charge >= 0.3 is 0 Å². The van der Waals surface area contributed by atoms with Gasteiger partial charge in [-0.25, -0.2) is 13.2 Å². The van der Waals surface area contributed by atoms with Crippen molar-refractivity contribution in [1.29, 1.82) is 0 Å². The Morgan fingerprint density at radius 1 is 1.12 bits per heavy atom. The Balaban J connectivity index is 1.40. The quantitative estimate of drug-likeness (QED) is 0.479. The van der Waals surface area contributed by atoms with Crippen molar-refractivity contribution in [3.63, 3.8) is 0 Å². The summed E-state index contributed by atoms with van der Waals surface area (Å²) in [5.41, 5.74) is 3.18. The number of benzene rings is 2. The number of nitrogens with one attached hydrogen (secondary N) is 2. The van der Waals surface area contributed by atoms with Gasteiger partial charge in [0, 0.05) is 36.4 Å². The molecule has 32 heavy (non-hydrogen) atoms. The van der Waals surface area contributed by atoms with E-state index in [-0.39, 0.29) is 35.6 Å². The van der Waals surface area contributed by atoms with E-state index < -0.39 is 11.6 Å². The number of hydrogen-bond donors (Lipinski definition) is 2. The Hall–Kier alpha value is -3.55. The van der Waals surface area contributed by atoms with Gasteiger partial charge in [-0.3, -0.25) is 9.48 Å². The molecule has 5 rings (SSSR count). The molecule has 2 aromatic carbocycles. The number of fused-ring (bicyclic) bond motifs is 1. The number of rotatable bonds is 5.